The molecule has 0 fully saturated rings. The summed E-state index contributed by atoms with van der Waals surface area (Å²) in [7, 11) is 1.58. The molecule has 0 aliphatic heterocycles. The molecule has 0 aliphatic carbocycles. The Kier molecular flexibility index (Phi) is 3.70. The van der Waals surface area contributed by atoms with Crippen LogP contribution in [0.5, 0.6) is 5.75 Å². The molecule has 0 saturated heterocycles. The van der Waals surface area contributed by atoms with E-state index in [-0.39, 0.29) is 5.78 Å². The molecule has 1 atom stereocenters. The molecule has 1 aromatic rings. The van der Waals surface area contributed by atoms with Crippen LogP contribution >= 0.6 is 0 Å². The summed E-state index contributed by atoms with van der Waals surface area (Å²) >= 11 is 0. The number of Topliss-reactive ketones (excluding diaryl/α,β-unsaturated/α-hetero) is 1. The van der Waals surface area contributed by atoms with Gasteiger partial charge in [0, 0.05) is 0 Å². The number of ether oxygens (including phenoxy) is 1. The summed E-state index contributed by atoms with van der Waals surface area (Å²) in [6, 6.07) is 1.49. The van der Waals surface area contributed by atoms with E-state index in [0.717, 1.165) is 16.7 Å². The summed E-state index contributed by atoms with van der Waals surface area (Å²) in [6.45, 7) is 7.55. The monoisotopic (exact) mass is 221 g/mol. The molecule has 0 spiro atoms. The lowest BCUT2D eigenvalue weighted by molar-refractivity contribution is 0.0964. The summed E-state index contributed by atoms with van der Waals surface area (Å²) in [5, 5.41) is 0. The van der Waals surface area contributed by atoms with E-state index in [1.165, 1.54) is 0 Å². The van der Waals surface area contributed by atoms with Crippen LogP contribution in [-0.2, 0) is 0 Å². The Morgan fingerprint density at radius 3 is 2.31 bits per heavy atom. The second-order valence-electron chi connectivity index (χ2n) is 4.20. The number of ketones is 1. The molecule has 0 radical (unpaired) electrons. The third kappa shape index (κ3) is 2.09. The molecule has 1 aromatic carbocycles. The molecule has 1 rings (SSSR count). The zero-order chi connectivity index (χ0) is 12.5. The van der Waals surface area contributed by atoms with E-state index in [4.69, 9.17) is 10.5 Å². The second-order valence-corrected chi connectivity index (χ2v) is 4.20. The highest BCUT2D eigenvalue weighted by Crippen LogP contribution is 2.30. The van der Waals surface area contributed by atoms with Crippen LogP contribution in [0.15, 0.2) is 6.07 Å². The number of aryl methyl sites for hydroxylation is 2. The SMILES string of the molecule is COc1c(C)c(C)cc(C)c1C(=O)C(C)N. The van der Waals surface area contributed by atoms with E-state index in [1.807, 2.05) is 26.8 Å². The maximum absolute atomic E-state index is 12.0. The Morgan fingerprint density at radius 1 is 1.31 bits per heavy atom. The van der Waals surface area contributed by atoms with Crippen molar-refractivity contribution in [3.8, 4) is 5.75 Å². The van der Waals surface area contributed by atoms with E-state index in [1.54, 1.807) is 14.0 Å². The molecule has 3 nitrogen and oxygen atoms in total. The number of hydrogen-bond acceptors (Lipinski definition) is 3. The van der Waals surface area contributed by atoms with Crippen molar-refractivity contribution in [1.82, 2.24) is 0 Å². The van der Waals surface area contributed by atoms with Crippen LogP contribution in [0.1, 0.15) is 34.0 Å². The quantitative estimate of drug-likeness (QED) is 0.796. The normalized spacial score (nSPS) is 12.4. The first-order valence-corrected chi connectivity index (χ1v) is 5.34. The van der Waals surface area contributed by atoms with Gasteiger partial charge in [0.15, 0.2) is 5.78 Å². The fourth-order valence-electron chi connectivity index (χ4n) is 1.84. The van der Waals surface area contributed by atoms with Crippen molar-refractivity contribution < 1.29 is 9.53 Å². The minimum Gasteiger partial charge on any atom is -0.496 e. The van der Waals surface area contributed by atoms with E-state index in [2.05, 4.69) is 0 Å². The van der Waals surface area contributed by atoms with E-state index >= 15 is 0 Å². The summed E-state index contributed by atoms with van der Waals surface area (Å²) in [4.78, 5) is 12.0. The van der Waals surface area contributed by atoms with Crippen molar-refractivity contribution >= 4 is 5.78 Å². The Labute approximate surface area is 96.6 Å². The standard InChI is InChI=1S/C13H19NO2/c1-7-6-8(2)11(12(15)10(4)14)13(16-5)9(7)3/h6,10H,14H2,1-5H3. The third-order valence-corrected chi connectivity index (χ3v) is 2.85. The predicted octanol–water partition coefficient (Wildman–Crippen LogP) is 2.15. The minimum absolute atomic E-state index is 0.0718. The fraction of sp³-hybridized carbons (Fsp3) is 0.462. The number of methoxy groups -OCH3 is 1. The van der Waals surface area contributed by atoms with E-state index < -0.39 is 6.04 Å². The highest BCUT2D eigenvalue weighted by Gasteiger charge is 2.21. The summed E-state index contributed by atoms with van der Waals surface area (Å²) < 4.78 is 5.33. The summed E-state index contributed by atoms with van der Waals surface area (Å²) in [6.07, 6.45) is 0. The van der Waals surface area contributed by atoms with Gasteiger partial charge in [-0.1, -0.05) is 6.07 Å². The van der Waals surface area contributed by atoms with Gasteiger partial charge in [-0.25, -0.2) is 0 Å². The third-order valence-electron chi connectivity index (χ3n) is 2.85. The van der Waals surface area contributed by atoms with Gasteiger partial charge < -0.3 is 10.5 Å². The number of carbonyl (C=O) groups is 1. The molecule has 0 heterocycles. The van der Waals surface area contributed by atoms with Crippen molar-refractivity contribution in [1.29, 1.82) is 0 Å². The summed E-state index contributed by atoms with van der Waals surface area (Å²) in [5.74, 6) is 0.581. The number of nitrogens with two attached hydrogens (primary N) is 1. The number of carbonyl (C=O) groups excluding carboxylic acids is 1. The average molecular weight is 221 g/mol. The molecular weight excluding hydrogens is 202 g/mol. The molecule has 88 valence electrons. The molecule has 0 bridgehead atoms. The highest BCUT2D eigenvalue weighted by molar-refractivity contribution is 6.03. The molecule has 0 saturated carbocycles. The lowest BCUT2D eigenvalue weighted by Gasteiger charge is -2.16. The zero-order valence-electron chi connectivity index (χ0n) is 10.5. The van der Waals surface area contributed by atoms with Gasteiger partial charge in [-0.2, -0.15) is 0 Å². The molecule has 2 N–H and O–H groups in total. The smallest absolute Gasteiger partial charge is 0.183 e. The first kappa shape index (κ1) is 12.7. The Bertz CT molecular complexity index is 422. The van der Waals surface area contributed by atoms with Gasteiger partial charge >= 0.3 is 0 Å². The topological polar surface area (TPSA) is 52.3 Å². The first-order chi connectivity index (χ1) is 7.40. The summed E-state index contributed by atoms with van der Waals surface area (Å²) in [5.41, 5.74) is 9.29. The van der Waals surface area contributed by atoms with Crippen molar-refractivity contribution in [3.05, 3.63) is 28.3 Å². The van der Waals surface area contributed by atoms with Crippen molar-refractivity contribution in [2.24, 2.45) is 5.73 Å². The molecule has 16 heavy (non-hydrogen) atoms. The van der Waals surface area contributed by atoms with Crippen LogP contribution in [0.3, 0.4) is 0 Å². The van der Waals surface area contributed by atoms with Crippen LogP contribution in [0.2, 0.25) is 0 Å². The molecule has 0 aromatic heterocycles. The number of hydrogen-bond donors (Lipinski definition) is 1. The highest BCUT2D eigenvalue weighted by atomic mass is 16.5. The molecule has 1 unspecified atom stereocenters. The van der Waals surface area contributed by atoms with Crippen LogP contribution in [0.25, 0.3) is 0 Å². The van der Waals surface area contributed by atoms with Gasteiger partial charge in [0.25, 0.3) is 0 Å². The largest absolute Gasteiger partial charge is 0.496 e. The van der Waals surface area contributed by atoms with Gasteiger partial charge in [0.05, 0.1) is 18.7 Å². The number of rotatable bonds is 3. The average Bonchev–Trinajstić information content (AvgIpc) is 2.21. The van der Waals surface area contributed by atoms with Crippen molar-refractivity contribution in [2.45, 2.75) is 33.7 Å². The van der Waals surface area contributed by atoms with Crippen molar-refractivity contribution in [3.63, 3.8) is 0 Å². The van der Waals surface area contributed by atoms with Crippen LogP contribution in [-0.4, -0.2) is 18.9 Å². The van der Waals surface area contributed by atoms with Gasteiger partial charge in [0.1, 0.15) is 5.75 Å². The van der Waals surface area contributed by atoms with Crippen LogP contribution < -0.4 is 10.5 Å². The number of benzene rings is 1. The van der Waals surface area contributed by atoms with Crippen LogP contribution in [0, 0.1) is 20.8 Å². The molecular formula is C13H19NO2. The van der Waals surface area contributed by atoms with Gasteiger partial charge in [-0.15, -0.1) is 0 Å². The first-order valence-electron chi connectivity index (χ1n) is 5.34. The van der Waals surface area contributed by atoms with Gasteiger partial charge in [0.2, 0.25) is 0 Å². The van der Waals surface area contributed by atoms with Crippen LogP contribution in [0.4, 0.5) is 0 Å². The zero-order valence-corrected chi connectivity index (χ0v) is 10.5. The Hall–Kier alpha value is -1.35. The molecule has 0 amide bonds. The van der Waals surface area contributed by atoms with E-state index in [9.17, 15) is 4.79 Å². The lowest BCUT2D eigenvalue weighted by Crippen LogP contribution is -2.28. The second kappa shape index (κ2) is 4.66. The Balaban J connectivity index is 3.49. The maximum atomic E-state index is 12.0. The molecule has 3 heteroatoms. The Morgan fingerprint density at radius 2 is 1.88 bits per heavy atom. The van der Waals surface area contributed by atoms with E-state index in [0.29, 0.717) is 11.3 Å². The van der Waals surface area contributed by atoms with Gasteiger partial charge in [-0.3, -0.25) is 4.79 Å². The fourth-order valence-corrected chi connectivity index (χ4v) is 1.84. The predicted molar refractivity (Wildman–Crippen MR) is 65.2 cm³/mol. The lowest BCUT2D eigenvalue weighted by atomic mass is 9.94. The van der Waals surface area contributed by atoms with Gasteiger partial charge in [-0.05, 0) is 44.4 Å². The molecule has 0 aliphatic rings. The minimum atomic E-state index is -0.505. The van der Waals surface area contributed by atoms with Crippen molar-refractivity contribution in [2.75, 3.05) is 7.11 Å². The maximum Gasteiger partial charge on any atom is 0.183 e.